The monoisotopic (exact) mass is 330 g/mol. The van der Waals surface area contributed by atoms with E-state index < -0.39 is 0 Å². The molecular formula is C23H22O2. The first-order chi connectivity index (χ1) is 11.9. The van der Waals surface area contributed by atoms with E-state index in [1.54, 1.807) is 0 Å². The Morgan fingerprint density at radius 3 is 1.88 bits per heavy atom. The van der Waals surface area contributed by atoms with Crippen LogP contribution in [-0.2, 0) is 0 Å². The number of aryl methyl sites for hydroxylation is 2. The molecule has 0 spiro atoms. The van der Waals surface area contributed by atoms with E-state index in [1.165, 1.54) is 0 Å². The number of Topliss-reactive ketones (excluding diaryl/α,β-unsaturated/α-hetero) is 2. The van der Waals surface area contributed by atoms with Crippen LogP contribution in [-0.4, -0.2) is 11.6 Å². The van der Waals surface area contributed by atoms with Gasteiger partial charge in [0.15, 0.2) is 11.6 Å². The Bertz CT molecular complexity index is 865. The second-order valence-electron chi connectivity index (χ2n) is 6.82. The highest BCUT2D eigenvalue weighted by Gasteiger charge is 2.25. The van der Waals surface area contributed by atoms with Crippen LogP contribution in [0.5, 0.6) is 0 Å². The number of carbonyl (C=O) groups is 2. The van der Waals surface area contributed by atoms with Crippen molar-refractivity contribution in [2.45, 2.75) is 27.2 Å². The number of benzene rings is 2. The van der Waals surface area contributed by atoms with Crippen LogP contribution in [0.4, 0.5) is 0 Å². The highest BCUT2D eigenvalue weighted by molar-refractivity contribution is 6.10. The molecule has 2 aromatic carbocycles. The standard InChI is InChI=1S/C23H22O2/c1-15-4-8-18(9-5-15)22(24)20-12-17(3)13-21(14-20)23(25)19-10-6-16(2)7-11-19/h4-13,20H,14H2,1-3H3/t20-/m1/s1. The van der Waals surface area contributed by atoms with Gasteiger partial charge in [-0.15, -0.1) is 0 Å². The Labute approximate surface area is 148 Å². The van der Waals surface area contributed by atoms with Crippen LogP contribution in [0.25, 0.3) is 0 Å². The number of hydrogen-bond donors (Lipinski definition) is 0. The van der Waals surface area contributed by atoms with Crippen molar-refractivity contribution in [3.63, 3.8) is 0 Å². The molecule has 2 heteroatoms. The second-order valence-corrected chi connectivity index (χ2v) is 6.82. The third-order valence-corrected chi connectivity index (χ3v) is 4.58. The fraction of sp³-hybridized carbons (Fsp3) is 0.217. The van der Waals surface area contributed by atoms with Crippen molar-refractivity contribution in [1.82, 2.24) is 0 Å². The van der Waals surface area contributed by atoms with E-state index in [0.717, 1.165) is 16.7 Å². The Hall–Kier alpha value is -2.74. The van der Waals surface area contributed by atoms with Crippen molar-refractivity contribution >= 4 is 11.6 Å². The lowest BCUT2D eigenvalue weighted by molar-refractivity contribution is 0.0939. The van der Waals surface area contributed by atoms with Gasteiger partial charge in [0.25, 0.3) is 0 Å². The number of carbonyl (C=O) groups excluding carboxylic acids is 2. The van der Waals surface area contributed by atoms with E-state index in [2.05, 4.69) is 0 Å². The average molecular weight is 330 g/mol. The predicted molar refractivity (Wildman–Crippen MR) is 101 cm³/mol. The zero-order valence-corrected chi connectivity index (χ0v) is 14.9. The summed E-state index contributed by atoms with van der Waals surface area (Å²) in [6.45, 7) is 5.94. The average Bonchev–Trinajstić information content (AvgIpc) is 2.61. The van der Waals surface area contributed by atoms with Gasteiger partial charge in [-0.3, -0.25) is 9.59 Å². The number of ketones is 2. The first-order valence-corrected chi connectivity index (χ1v) is 8.55. The normalized spacial score (nSPS) is 16.8. The Morgan fingerprint density at radius 2 is 1.32 bits per heavy atom. The van der Waals surface area contributed by atoms with Gasteiger partial charge in [0, 0.05) is 22.6 Å². The second kappa shape index (κ2) is 7.02. The molecule has 3 rings (SSSR count). The van der Waals surface area contributed by atoms with Crippen molar-refractivity contribution in [2.24, 2.45) is 5.92 Å². The smallest absolute Gasteiger partial charge is 0.189 e. The maximum absolute atomic E-state index is 12.8. The van der Waals surface area contributed by atoms with Crippen LogP contribution in [0.15, 0.2) is 71.8 Å². The van der Waals surface area contributed by atoms with Crippen LogP contribution >= 0.6 is 0 Å². The largest absolute Gasteiger partial charge is 0.294 e. The summed E-state index contributed by atoms with van der Waals surface area (Å²) in [5, 5.41) is 0. The van der Waals surface area contributed by atoms with Crippen molar-refractivity contribution in [2.75, 3.05) is 0 Å². The van der Waals surface area contributed by atoms with Gasteiger partial charge >= 0.3 is 0 Å². The topological polar surface area (TPSA) is 34.1 Å². The molecule has 0 heterocycles. The molecule has 0 unspecified atom stereocenters. The molecule has 0 saturated carbocycles. The summed E-state index contributed by atoms with van der Waals surface area (Å²) < 4.78 is 0. The summed E-state index contributed by atoms with van der Waals surface area (Å²) in [5.41, 5.74) is 5.29. The van der Waals surface area contributed by atoms with Crippen molar-refractivity contribution < 1.29 is 9.59 Å². The highest BCUT2D eigenvalue weighted by atomic mass is 16.1. The number of allylic oxidation sites excluding steroid dienone is 4. The fourth-order valence-corrected chi connectivity index (χ4v) is 3.14. The Kier molecular flexibility index (Phi) is 4.80. The maximum Gasteiger partial charge on any atom is 0.189 e. The molecule has 25 heavy (non-hydrogen) atoms. The molecule has 0 saturated heterocycles. The lowest BCUT2D eigenvalue weighted by atomic mass is 9.83. The molecule has 126 valence electrons. The van der Waals surface area contributed by atoms with Crippen LogP contribution in [0.1, 0.15) is 45.2 Å². The van der Waals surface area contributed by atoms with Gasteiger partial charge < -0.3 is 0 Å². The molecule has 2 aromatic rings. The molecule has 1 atom stereocenters. The summed E-state index contributed by atoms with van der Waals surface area (Å²) in [5.74, 6) is -0.201. The minimum absolute atomic E-state index is 0.00848. The van der Waals surface area contributed by atoms with Crippen molar-refractivity contribution in [3.05, 3.63) is 94.1 Å². The third-order valence-electron chi connectivity index (χ3n) is 4.58. The molecular weight excluding hydrogens is 308 g/mol. The Balaban J connectivity index is 1.83. The summed E-state index contributed by atoms with van der Waals surface area (Å²) in [4.78, 5) is 25.6. The summed E-state index contributed by atoms with van der Waals surface area (Å²) >= 11 is 0. The molecule has 2 nitrogen and oxygen atoms in total. The lowest BCUT2D eigenvalue weighted by Crippen LogP contribution is -2.19. The van der Waals surface area contributed by atoms with Crippen LogP contribution in [0.2, 0.25) is 0 Å². The third kappa shape index (κ3) is 3.85. The van der Waals surface area contributed by atoms with E-state index in [-0.39, 0.29) is 17.5 Å². The van der Waals surface area contributed by atoms with Crippen LogP contribution in [0.3, 0.4) is 0 Å². The van der Waals surface area contributed by atoms with Crippen LogP contribution < -0.4 is 0 Å². The molecule has 0 fully saturated rings. The van der Waals surface area contributed by atoms with Gasteiger partial charge in [-0.1, -0.05) is 77.4 Å². The van der Waals surface area contributed by atoms with E-state index in [0.29, 0.717) is 23.1 Å². The minimum atomic E-state index is -0.280. The molecule has 0 aliphatic heterocycles. The van der Waals surface area contributed by atoms with E-state index in [9.17, 15) is 9.59 Å². The summed E-state index contributed by atoms with van der Waals surface area (Å²) in [7, 11) is 0. The lowest BCUT2D eigenvalue weighted by Gasteiger charge is -2.19. The summed E-state index contributed by atoms with van der Waals surface area (Å²) in [6.07, 6.45) is 4.33. The predicted octanol–water partition coefficient (Wildman–Crippen LogP) is 5.26. The first kappa shape index (κ1) is 17.1. The van der Waals surface area contributed by atoms with E-state index in [4.69, 9.17) is 0 Å². The van der Waals surface area contributed by atoms with E-state index >= 15 is 0 Å². The van der Waals surface area contributed by atoms with Gasteiger partial charge in [-0.25, -0.2) is 0 Å². The summed E-state index contributed by atoms with van der Waals surface area (Å²) in [6, 6.07) is 15.2. The van der Waals surface area contributed by atoms with Gasteiger partial charge in [-0.05, 0) is 27.2 Å². The molecule has 0 bridgehead atoms. The fourth-order valence-electron chi connectivity index (χ4n) is 3.14. The van der Waals surface area contributed by atoms with Gasteiger partial charge in [0.1, 0.15) is 0 Å². The highest BCUT2D eigenvalue weighted by Crippen LogP contribution is 2.28. The number of hydrogen-bond acceptors (Lipinski definition) is 2. The maximum atomic E-state index is 12.8. The first-order valence-electron chi connectivity index (χ1n) is 8.55. The van der Waals surface area contributed by atoms with Crippen molar-refractivity contribution in [3.8, 4) is 0 Å². The quantitative estimate of drug-likeness (QED) is 0.716. The molecule has 0 amide bonds. The minimum Gasteiger partial charge on any atom is -0.294 e. The van der Waals surface area contributed by atoms with Gasteiger partial charge in [-0.2, -0.15) is 0 Å². The zero-order valence-electron chi connectivity index (χ0n) is 14.9. The number of rotatable bonds is 4. The van der Waals surface area contributed by atoms with E-state index in [1.807, 2.05) is 81.5 Å². The molecule has 1 aliphatic carbocycles. The zero-order chi connectivity index (χ0) is 18.0. The van der Waals surface area contributed by atoms with Crippen molar-refractivity contribution in [1.29, 1.82) is 0 Å². The van der Waals surface area contributed by atoms with Gasteiger partial charge in [0.05, 0.1) is 0 Å². The SMILES string of the molecule is CC1=C[C@@H](C(=O)c2ccc(C)cc2)CC(C(=O)c2ccc(C)cc2)=C1. The molecule has 0 aromatic heterocycles. The molecule has 1 aliphatic rings. The Morgan fingerprint density at radius 1 is 0.800 bits per heavy atom. The van der Waals surface area contributed by atoms with Crippen LogP contribution in [0, 0.1) is 19.8 Å². The molecule has 0 N–H and O–H groups in total. The van der Waals surface area contributed by atoms with Gasteiger partial charge in [0.2, 0.25) is 0 Å². The molecule has 0 radical (unpaired) electrons.